The number of carboxylic acid groups (broad SMARTS) is 1. The quantitative estimate of drug-likeness (QED) is 0.852. The Kier molecular flexibility index (Phi) is 3.56. The van der Waals surface area contributed by atoms with E-state index in [1.54, 1.807) is 19.1 Å². The molecule has 7 nitrogen and oxygen atoms in total. The van der Waals surface area contributed by atoms with E-state index < -0.39 is 5.97 Å². The highest BCUT2D eigenvalue weighted by Gasteiger charge is 2.10. The molecular formula is C12H12N4O3. The van der Waals surface area contributed by atoms with Gasteiger partial charge in [0, 0.05) is 5.69 Å². The molecule has 0 bridgehead atoms. The first kappa shape index (κ1) is 12.7. The maximum atomic E-state index is 11.7. The van der Waals surface area contributed by atoms with E-state index in [1.807, 2.05) is 0 Å². The average Bonchev–Trinajstić information content (AvgIpc) is 2.84. The lowest BCUT2D eigenvalue weighted by Crippen LogP contribution is -2.19. The number of nitrogens with one attached hydrogen (secondary N) is 1. The monoisotopic (exact) mass is 260 g/mol. The summed E-state index contributed by atoms with van der Waals surface area (Å²) in [5, 5.41) is 15.4. The number of carbonyl (C=O) groups excluding carboxylic acids is 1. The smallest absolute Gasteiger partial charge is 0.336 e. The predicted molar refractivity (Wildman–Crippen MR) is 66.8 cm³/mol. The molecule has 1 heterocycles. The molecule has 1 aromatic carbocycles. The normalized spacial score (nSPS) is 10.2. The van der Waals surface area contributed by atoms with Crippen LogP contribution in [0.4, 0.5) is 5.69 Å². The molecule has 2 aromatic rings. The molecular weight excluding hydrogens is 248 g/mol. The number of hydrogen-bond donors (Lipinski definition) is 2. The van der Waals surface area contributed by atoms with Gasteiger partial charge < -0.3 is 10.4 Å². The van der Waals surface area contributed by atoms with Crippen LogP contribution in [0.1, 0.15) is 15.9 Å². The molecule has 0 aliphatic carbocycles. The third kappa shape index (κ3) is 3.15. The highest BCUT2D eigenvalue weighted by Crippen LogP contribution is 2.15. The lowest BCUT2D eigenvalue weighted by molar-refractivity contribution is -0.116. The number of hydrogen-bond acceptors (Lipinski definition) is 4. The Labute approximate surface area is 108 Å². The Bertz CT molecular complexity index is 607. The van der Waals surface area contributed by atoms with Gasteiger partial charge in [-0.3, -0.25) is 4.79 Å². The maximum Gasteiger partial charge on any atom is 0.336 e. The van der Waals surface area contributed by atoms with Crippen LogP contribution in [0.15, 0.2) is 30.9 Å². The van der Waals surface area contributed by atoms with Crippen molar-refractivity contribution in [3.63, 3.8) is 0 Å². The highest BCUT2D eigenvalue weighted by molar-refractivity contribution is 5.94. The maximum absolute atomic E-state index is 11.7. The van der Waals surface area contributed by atoms with E-state index >= 15 is 0 Å². The summed E-state index contributed by atoms with van der Waals surface area (Å²) in [6.45, 7) is 1.72. The first-order valence-electron chi connectivity index (χ1n) is 5.52. The van der Waals surface area contributed by atoms with E-state index in [0.29, 0.717) is 11.3 Å². The van der Waals surface area contributed by atoms with E-state index in [2.05, 4.69) is 15.4 Å². The molecule has 0 aliphatic rings. The topological polar surface area (TPSA) is 97.1 Å². The Hall–Kier alpha value is -2.70. The third-order valence-corrected chi connectivity index (χ3v) is 2.52. The zero-order chi connectivity index (χ0) is 13.8. The molecule has 98 valence electrons. The van der Waals surface area contributed by atoms with Crippen LogP contribution in [-0.2, 0) is 11.3 Å². The molecule has 1 amide bonds. The van der Waals surface area contributed by atoms with Crippen molar-refractivity contribution in [2.75, 3.05) is 5.32 Å². The number of nitrogens with zero attached hydrogens (tertiary/aromatic N) is 3. The van der Waals surface area contributed by atoms with Gasteiger partial charge in [0.25, 0.3) is 0 Å². The molecule has 0 radical (unpaired) electrons. The Balaban J connectivity index is 2.09. The van der Waals surface area contributed by atoms with Crippen molar-refractivity contribution < 1.29 is 14.7 Å². The molecule has 7 heteroatoms. The zero-order valence-corrected chi connectivity index (χ0v) is 10.2. The first-order chi connectivity index (χ1) is 9.06. The van der Waals surface area contributed by atoms with Gasteiger partial charge in [-0.2, -0.15) is 5.10 Å². The van der Waals surface area contributed by atoms with Gasteiger partial charge in [0.1, 0.15) is 19.2 Å². The lowest BCUT2D eigenvalue weighted by Gasteiger charge is -2.07. The van der Waals surface area contributed by atoms with Crippen LogP contribution in [0.25, 0.3) is 0 Å². The zero-order valence-electron chi connectivity index (χ0n) is 10.2. The fourth-order valence-corrected chi connectivity index (χ4v) is 1.59. The molecule has 0 atom stereocenters. The number of carbonyl (C=O) groups is 2. The summed E-state index contributed by atoms with van der Waals surface area (Å²) in [6, 6.07) is 4.73. The second-order valence-corrected chi connectivity index (χ2v) is 3.98. The van der Waals surface area contributed by atoms with Crippen LogP contribution in [0.5, 0.6) is 0 Å². The molecule has 0 saturated carbocycles. The highest BCUT2D eigenvalue weighted by atomic mass is 16.4. The Morgan fingerprint density at radius 1 is 1.42 bits per heavy atom. The van der Waals surface area contributed by atoms with Crippen LogP contribution in [0.2, 0.25) is 0 Å². The molecule has 2 rings (SSSR count). The molecule has 19 heavy (non-hydrogen) atoms. The minimum Gasteiger partial charge on any atom is -0.478 e. The Morgan fingerprint density at radius 3 is 2.84 bits per heavy atom. The third-order valence-electron chi connectivity index (χ3n) is 2.52. The van der Waals surface area contributed by atoms with E-state index in [9.17, 15) is 9.59 Å². The van der Waals surface area contributed by atoms with Gasteiger partial charge in [-0.15, -0.1) is 0 Å². The van der Waals surface area contributed by atoms with Crippen molar-refractivity contribution in [3.05, 3.63) is 42.0 Å². The largest absolute Gasteiger partial charge is 0.478 e. The van der Waals surface area contributed by atoms with Crippen LogP contribution >= 0.6 is 0 Å². The van der Waals surface area contributed by atoms with Crippen molar-refractivity contribution in [2.24, 2.45) is 0 Å². The van der Waals surface area contributed by atoms with E-state index in [4.69, 9.17) is 5.11 Å². The summed E-state index contributed by atoms with van der Waals surface area (Å²) >= 11 is 0. The summed E-state index contributed by atoms with van der Waals surface area (Å²) in [5.74, 6) is -1.32. The fraction of sp³-hybridized carbons (Fsp3) is 0.167. The summed E-state index contributed by atoms with van der Waals surface area (Å²) in [4.78, 5) is 26.4. The van der Waals surface area contributed by atoms with Gasteiger partial charge in [0.15, 0.2) is 0 Å². The minimum atomic E-state index is -1.02. The number of anilines is 1. The van der Waals surface area contributed by atoms with Crippen LogP contribution in [-0.4, -0.2) is 31.7 Å². The fourth-order valence-electron chi connectivity index (χ4n) is 1.59. The van der Waals surface area contributed by atoms with Crippen LogP contribution in [0, 0.1) is 6.92 Å². The number of aromatic carboxylic acids is 1. The second-order valence-electron chi connectivity index (χ2n) is 3.98. The standard InChI is InChI=1S/C12H12N4O3/c1-8-2-3-9(4-10(8)12(18)19)15-11(17)5-16-7-13-6-14-16/h2-4,6-7H,5H2,1H3,(H,15,17)(H,18,19). The average molecular weight is 260 g/mol. The number of aryl methyl sites for hydroxylation is 1. The predicted octanol–water partition coefficient (Wildman–Crippen LogP) is 0.923. The summed E-state index contributed by atoms with van der Waals surface area (Å²) < 4.78 is 1.38. The second kappa shape index (κ2) is 5.30. The van der Waals surface area contributed by atoms with Crippen molar-refractivity contribution in [1.82, 2.24) is 14.8 Å². The number of rotatable bonds is 4. The van der Waals surface area contributed by atoms with Gasteiger partial charge in [-0.05, 0) is 24.6 Å². The number of benzene rings is 1. The molecule has 2 N–H and O–H groups in total. The van der Waals surface area contributed by atoms with Gasteiger partial charge in [0.05, 0.1) is 5.56 Å². The number of amides is 1. The van der Waals surface area contributed by atoms with Crippen LogP contribution in [0.3, 0.4) is 0 Å². The SMILES string of the molecule is Cc1ccc(NC(=O)Cn2cncn2)cc1C(=O)O. The molecule has 0 spiro atoms. The number of carboxylic acids is 1. The molecule has 1 aromatic heterocycles. The van der Waals surface area contributed by atoms with Gasteiger partial charge >= 0.3 is 5.97 Å². The van der Waals surface area contributed by atoms with E-state index in [1.165, 1.54) is 23.4 Å². The van der Waals surface area contributed by atoms with Gasteiger partial charge in [-0.25, -0.2) is 14.5 Å². The van der Waals surface area contributed by atoms with Crippen molar-refractivity contribution >= 4 is 17.6 Å². The van der Waals surface area contributed by atoms with E-state index in [0.717, 1.165) is 0 Å². The van der Waals surface area contributed by atoms with Crippen molar-refractivity contribution in [1.29, 1.82) is 0 Å². The lowest BCUT2D eigenvalue weighted by atomic mass is 10.1. The molecule has 0 unspecified atom stereocenters. The van der Waals surface area contributed by atoms with Crippen LogP contribution < -0.4 is 5.32 Å². The minimum absolute atomic E-state index is 0.0241. The Morgan fingerprint density at radius 2 is 2.21 bits per heavy atom. The van der Waals surface area contributed by atoms with Gasteiger partial charge in [-0.1, -0.05) is 6.07 Å². The number of aromatic nitrogens is 3. The first-order valence-corrected chi connectivity index (χ1v) is 5.52. The molecule has 0 fully saturated rings. The molecule has 0 aliphatic heterocycles. The van der Waals surface area contributed by atoms with Gasteiger partial charge in [0.2, 0.25) is 5.91 Å². The van der Waals surface area contributed by atoms with Crippen molar-refractivity contribution in [2.45, 2.75) is 13.5 Å². The summed E-state index contributed by atoms with van der Waals surface area (Å²) in [7, 11) is 0. The summed E-state index contributed by atoms with van der Waals surface area (Å²) in [5.41, 5.74) is 1.24. The summed E-state index contributed by atoms with van der Waals surface area (Å²) in [6.07, 6.45) is 2.76. The van der Waals surface area contributed by atoms with E-state index in [-0.39, 0.29) is 18.0 Å². The molecule has 0 saturated heterocycles. The van der Waals surface area contributed by atoms with Crippen molar-refractivity contribution in [3.8, 4) is 0 Å².